The molecule has 15 heavy (non-hydrogen) atoms. The molecule has 1 aliphatic heterocycles. The van der Waals surface area contributed by atoms with Gasteiger partial charge < -0.3 is 10.6 Å². The van der Waals surface area contributed by atoms with Crippen molar-refractivity contribution in [3.63, 3.8) is 0 Å². The summed E-state index contributed by atoms with van der Waals surface area (Å²) in [5, 5.41) is 9.15. The second kappa shape index (κ2) is 5.99. The van der Waals surface area contributed by atoms with Crippen LogP contribution < -0.4 is 10.6 Å². The molecule has 0 radical (unpaired) electrons. The quantitative estimate of drug-likeness (QED) is 0.813. The maximum absolute atomic E-state index is 3.51. The van der Waals surface area contributed by atoms with Crippen LogP contribution in [0.25, 0.3) is 0 Å². The molecule has 2 N–H and O–H groups in total. The summed E-state index contributed by atoms with van der Waals surface area (Å²) in [7, 11) is 0. The molecule has 0 saturated carbocycles. The minimum atomic E-state index is 0.708. The molecule has 2 heterocycles. The third kappa shape index (κ3) is 3.87. The van der Waals surface area contributed by atoms with Crippen molar-refractivity contribution < 1.29 is 0 Å². The topological polar surface area (TPSA) is 24.1 Å². The summed E-state index contributed by atoms with van der Waals surface area (Å²) in [6.07, 6.45) is 3.81. The normalized spacial score (nSPS) is 21.0. The van der Waals surface area contributed by atoms with E-state index in [1.165, 1.54) is 28.7 Å². The Balaban J connectivity index is 1.58. The highest BCUT2D eigenvalue weighted by Crippen LogP contribution is 2.19. The summed E-state index contributed by atoms with van der Waals surface area (Å²) in [4.78, 5) is 1.45. The van der Waals surface area contributed by atoms with Gasteiger partial charge in [-0.3, -0.25) is 0 Å². The standard InChI is InChI=1S/C11H17BrN2S/c12-9-6-11(15-8-9)3-5-13-7-10-2-1-4-14-10/h6,8,10,13-14H,1-5,7H2. The fraction of sp³-hybridized carbons (Fsp3) is 0.636. The number of thiophene rings is 1. The first-order valence-corrected chi connectivity index (χ1v) is 7.19. The zero-order valence-electron chi connectivity index (χ0n) is 8.76. The van der Waals surface area contributed by atoms with E-state index in [1.54, 1.807) is 0 Å². The molecule has 0 aromatic carbocycles. The summed E-state index contributed by atoms with van der Waals surface area (Å²) in [6, 6.07) is 2.92. The summed E-state index contributed by atoms with van der Waals surface area (Å²) < 4.78 is 1.21. The van der Waals surface area contributed by atoms with Gasteiger partial charge in [0, 0.05) is 33.9 Å². The lowest BCUT2D eigenvalue weighted by atomic mass is 10.2. The van der Waals surface area contributed by atoms with Crippen LogP contribution in [0, 0.1) is 0 Å². The lowest BCUT2D eigenvalue weighted by Crippen LogP contribution is -2.34. The predicted molar refractivity (Wildman–Crippen MR) is 69.6 cm³/mol. The van der Waals surface area contributed by atoms with E-state index in [1.807, 2.05) is 11.3 Å². The van der Waals surface area contributed by atoms with Gasteiger partial charge in [0.1, 0.15) is 0 Å². The zero-order chi connectivity index (χ0) is 10.5. The van der Waals surface area contributed by atoms with E-state index in [0.29, 0.717) is 6.04 Å². The molecule has 1 aliphatic rings. The first-order chi connectivity index (χ1) is 7.34. The molecule has 0 bridgehead atoms. The zero-order valence-corrected chi connectivity index (χ0v) is 11.2. The van der Waals surface area contributed by atoms with Crippen LogP contribution in [0.3, 0.4) is 0 Å². The molecule has 4 heteroatoms. The first-order valence-electron chi connectivity index (χ1n) is 5.51. The third-order valence-corrected chi connectivity index (χ3v) is 4.48. The van der Waals surface area contributed by atoms with Gasteiger partial charge >= 0.3 is 0 Å². The van der Waals surface area contributed by atoms with Crippen LogP contribution in [0.15, 0.2) is 15.9 Å². The van der Waals surface area contributed by atoms with Crippen LogP contribution in [-0.4, -0.2) is 25.7 Å². The predicted octanol–water partition coefficient (Wildman–Crippen LogP) is 2.39. The summed E-state index contributed by atoms with van der Waals surface area (Å²) in [5.41, 5.74) is 0. The van der Waals surface area contributed by atoms with Crippen molar-refractivity contribution in [1.82, 2.24) is 10.6 Å². The molecule has 1 saturated heterocycles. The summed E-state index contributed by atoms with van der Waals surface area (Å²) in [5.74, 6) is 0. The Morgan fingerprint density at radius 3 is 3.20 bits per heavy atom. The molecule has 0 amide bonds. The van der Waals surface area contributed by atoms with Gasteiger partial charge in [0.2, 0.25) is 0 Å². The fourth-order valence-corrected chi connectivity index (χ4v) is 3.36. The molecular formula is C11H17BrN2S. The van der Waals surface area contributed by atoms with Crippen molar-refractivity contribution >= 4 is 27.3 Å². The fourth-order valence-electron chi connectivity index (χ4n) is 1.90. The molecule has 1 fully saturated rings. The Morgan fingerprint density at radius 2 is 2.53 bits per heavy atom. The van der Waals surface area contributed by atoms with E-state index in [-0.39, 0.29) is 0 Å². The molecule has 2 nitrogen and oxygen atoms in total. The molecule has 1 aromatic rings. The second-order valence-electron chi connectivity index (χ2n) is 3.98. The number of hydrogen-bond donors (Lipinski definition) is 2. The van der Waals surface area contributed by atoms with Crippen molar-refractivity contribution in [1.29, 1.82) is 0 Å². The molecule has 1 aromatic heterocycles. The van der Waals surface area contributed by atoms with Crippen LogP contribution in [0.5, 0.6) is 0 Å². The number of hydrogen-bond acceptors (Lipinski definition) is 3. The largest absolute Gasteiger partial charge is 0.315 e. The van der Waals surface area contributed by atoms with Gasteiger partial charge in [0.15, 0.2) is 0 Å². The minimum absolute atomic E-state index is 0.708. The Kier molecular flexibility index (Phi) is 4.62. The lowest BCUT2D eigenvalue weighted by molar-refractivity contribution is 0.538. The summed E-state index contributed by atoms with van der Waals surface area (Å²) in [6.45, 7) is 3.40. The van der Waals surface area contributed by atoms with Crippen molar-refractivity contribution in [2.45, 2.75) is 25.3 Å². The van der Waals surface area contributed by atoms with Crippen molar-refractivity contribution in [2.24, 2.45) is 0 Å². The van der Waals surface area contributed by atoms with E-state index in [0.717, 1.165) is 19.5 Å². The van der Waals surface area contributed by atoms with E-state index >= 15 is 0 Å². The molecule has 0 aliphatic carbocycles. The first kappa shape index (κ1) is 11.6. The van der Waals surface area contributed by atoms with Gasteiger partial charge in [0.25, 0.3) is 0 Å². The molecule has 84 valence electrons. The van der Waals surface area contributed by atoms with E-state index < -0.39 is 0 Å². The van der Waals surface area contributed by atoms with E-state index in [2.05, 4.69) is 38.0 Å². The second-order valence-corrected chi connectivity index (χ2v) is 5.89. The summed E-state index contributed by atoms with van der Waals surface area (Å²) >= 11 is 5.30. The Labute approximate surface area is 104 Å². The van der Waals surface area contributed by atoms with Crippen LogP contribution in [0.1, 0.15) is 17.7 Å². The van der Waals surface area contributed by atoms with Gasteiger partial charge in [-0.2, -0.15) is 0 Å². The highest BCUT2D eigenvalue weighted by molar-refractivity contribution is 9.10. The SMILES string of the molecule is Brc1csc(CCNCC2CCCN2)c1. The van der Waals surface area contributed by atoms with E-state index in [4.69, 9.17) is 0 Å². The van der Waals surface area contributed by atoms with Crippen LogP contribution in [0.4, 0.5) is 0 Å². The molecular weight excluding hydrogens is 272 g/mol. The Bertz CT molecular complexity index is 295. The van der Waals surface area contributed by atoms with Crippen LogP contribution in [0.2, 0.25) is 0 Å². The van der Waals surface area contributed by atoms with Gasteiger partial charge in [-0.1, -0.05) is 0 Å². The third-order valence-electron chi connectivity index (χ3n) is 2.72. The minimum Gasteiger partial charge on any atom is -0.315 e. The van der Waals surface area contributed by atoms with Crippen molar-refractivity contribution in [3.05, 3.63) is 20.8 Å². The smallest absolute Gasteiger partial charge is 0.0285 e. The molecule has 1 atom stereocenters. The number of halogens is 1. The van der Waals surface area contributed by atoms with Gasteiger partial charge in [0.05, 0.1) is 0 Å². The number of nitrogens with one attached hydrogen (secondary N) is 2. The van der Waals surface area contributed by atoms with Crippen molar-refractivity contribution in [3.8, 4) is 0 Å². The average Bonchev–Trinajstić information content (AvgIpc) is 2.84. The Hall–Kier alpha value is 0.1000. The molecule has 0 spiro atoms. The van der Waals surface area contributed by atoms with Gasteiger partial charge in [-0.25, -0.2) is 0 Å². The average molecular weight is 289 g/mol. The molecule has 2 rings (SSSR count). The van der Waals surface area contributed by atoms with Crippen molar-refractivity contribution in [2.75, 3.05) is 19.6 Å². The number of rotatable bonds is 5. The van der Waals surface area contributed by atoms with Gasteiger partial charge in [-0.15, -0.1) is 11.3 Å². The van der Waals surface area contributed by atoms with Crippen LogP contribution >= 0.6 is 27.3 Å². The monoisotopic (exact) mass is 288 g/mol. The van der Waals surface area contributed by atoms with Crippen LogP contribution in [-0.2, 0) is 6.42 Å². The maximum Gasteiger partial charge on any atom is 0.0285 e. The molecule has 1 unspecified atom stereocenters. The highest BCUT2D eigenvalue weighted by Gasteiger charge is 2.12. The van der Waals surface area contributed by atoms with E-state index in [9.17, 15) is 0 Å². The maximum atomic E-state index is 3.51. The highest BCUT2D eigenvalue weighted by atomic mass is 79.9. The Morgan fingerprint density at radius 1 is 1.60 bits per heavy atom. The van der Waals surface area contributed by atoms with Gasteiger partial charge in [-0.05, 0) is 47.8 Å². The lowest BCUT2D eigenvalue weighted by Gasteiger charge is -2.10.